The molecule has 4 nitrogen and oxygen atoms in total. The average molecular weight is 490 g/mol. The molecule has 0 saturated carbocycles. The summed E-state index contributed by atoms with van der Waals surface area (Å²) in [6.07, 6.45) is 6.53. The fourth-order valence-corrected chi connectivity index (χ4v) is 3.53. The number of aliphatic carboxylic acids is 1. The van der Waals surface area contributed by atoms with Crippen molar-refractivity contribution in [3.05, 3.63) is 65.2 Å². The largest absolute Gasteiger partial charge is 0.479 e. The van der Waals surface area contributed by atoms with Crippen LogP contribution in [0.1, 0.15) is 81.4 Å². The summed E-state index contributed by atoms with van der Waals surface area (Å²) in [6, 6.07) is 11.8. The number of carbonyl (C=O) groups is 1. The van der Waals surface area contributed by atoms with Crippen LogP contribution in [-0.2, 0) is 22.4 Å². The van der Waals surface area contributed by atoms with Gasteiger partial charge in [0.2, 0.25) is 0 Å². The van der Waals surface area contributed by atoms with Crippen molar-refractivity contribution in [3.63, 3.8) is 0 Å². The molecular weight excluding hydrogens is 455 g/mol. The molecule has 0 atom stereocenters. The SMILES string of the molecule is CCCCCCCCCCC#Cc1ccc(CN(OCC(=O)O)c2ccc(C(F)(F)F)cc2)cc1. The highest BCUT2D eigenvalue weighted by Crippen LogP contribution is 2.31. The van der Waals surface area contributed by atoms with Gasteiger partial charge in [-0.25, -0.2) is 9.86 Å². The molecule has 1 N–H and O–H groups in total. The Morgan fingerprint density at radius 2 is 1.51 bits per heavy atom. The zero-order valence-corrected chi connectivity index (χ0v) is 20.2. The molecular formula is C28H34F3NO3. The van der Waals surface area contributed by atoms with Crippen LogP contribution in [0.3, 0.4) is 0 Å². The van der Waals surface area contributed by atoms with Crippen molar-refractivity contribution in [2.24, 2.45) is 0 Å². The maximum atomic E-state index is 12.8. The van der Waals surface area contributed by atoms with Crippen LogP contribution < -0.4 is 5.06 Å². The maximum absolute atomic E-state index is 12.8. The van der Waals surface area contributed by atoms with Crippen LogP contribution in [0.2, 0.25) is 0 Å². The van der Waals surface area contributed by atoms with Gasteiger partial charge in [0, 0.05) is 12.0 Å². The van der Waals surface area contributed by atoms with Gasteiger partial charge in [-0.2, -0.15) is 13.2 Å². The van der Waals surface area contributed by atoms with Crippen molar-refractivity contribution in [1.29, 1.82) is 0 Å². The Hall–Kier alpha value is -2.98. The average Bonchev–Trinajstić information content (AvgIpc) is 2.83. The van der Waals surface area contributed by atoms with Crippen molar-refractivity contribution in [1.82, 2.24) is 0 Å². The normalized spacial score (nSPS) is 11.1. The van der Waals surface area contributed by atoms with Gasteiger partial charge in [-0.05, 0) is 48.4 Å². The molecule has 2 rings (SSSR count). The third-order valence-electron chi connectivity index (χ3n) is 5.49. The number of halogens is 3. The van der Waals surface area contributed by atoms with E-state index in [0.717, 1.165) is 36.1 Å². The standard InChI is InChI=1S/C28H34F3NO3/c1-2-3-4-5-6-7-8-9-10-11-12-23-13-15-24(16-14-23)21-32(35-22-27(33)34)26-19-17-25(18-20-26)28(29,30)31/h13-20H,2-10,21-22H2,1H3,(H,33,34). The summed E-state index contributed by atoms with van der Waals surface area (Å²) < 4.78 is 38.5. The fourth-order valence-electron chi connectivity index (χ4n) is 3.53. The van der Waals surface area contributed by atoms with E-state index in [1.54, 1.807) is 0 Å². The Morgan fingerprint density at radius 3 is 2.09 bits per heavy atom. The maximum Gasteiger partial charge on any atom is 0.416 e. The number of carboxylic acids is 1. The van der Waals surface area contributed by atoms with E-state index in [0.29, 0.717) is 5.69 Å². The number of nitrogens with zero attached hydrogens (tertiary/aromatic N) is 1. The predicted octanol–water partition coefficient (Wildman–Crippen LogP) is 7.61. The first-order valence-corrected chi connectivity index (χ1v) is 12.2. The van der Waals surface area contributed by atoms with Crippen molar-refractivity contribution >= 4 is 11.7 Å². The van der Waals surface area contributed by atoms with Gasteiger partial charge < -0.3 is 5.11 Å². The monoisotopic (exact) mass is 489 g/mol. The molecule has 0 unspecified atom stereocenters. The highest BCUT2D eigenvalue weighted by molar-refractivity contribution is 5.68. The second kappa shape index (κ2) is 15.1. The molecule has 0 aliphatic carbocycles. The van der Waals surface area contributed by atoms with E-state index in [9.17, 15) is 18.0 Å². The van der Waals surface area contributed by atoms with Crippen LogP contribution in [0.25, 0.3) is 0 Å². The summed E-state index contributed by atoms with van der Waals surface area (Å²) in [5, 5.41) is 10.2. The summed E-state index contributed by atoms with van der Waals surface area (Å²) in [4.78, 5) is 16.3. The summed E-state index contributed by atoms with van der Waals surface area (Å²) in [5.74, 6) is 5.19. The van der Waals surface area contributed by atoms with Crippen LogP contribution in [0.15, 0.2) is 48.5 Å². The minimum absolute atomic E-state index is 0.171. The lowest BCUT2D eigenvalue weighted by Crippen LogP contribution is -2.26. The highest BCUT2D eigenvalue weighted by atomic mass is 19.4. The fraction of sp³-hybridized carbons (Fsp3) is 0.464. The quantitative estimate of drug-likeness (QED) is 0.169. The van der Waals surface area contributed by atoms with Gasteiger partial charge in [-0.3, -0.25) is 4.84 Å². The van der Waals surface area contributed by atoms with E-state index in [1.165, 1.54) is 62.1 Å². The second-order valence-electron chi connectivity index (χ2n) is 8.47. The minimum Gasteiger partial charge on any atom is -0.479 e. The van der Waals surface area contributed by atoms with E-state index in [1.807, 2.05) is 24.3 Å². The number of rotatable bonds is 14. The minimum atomic E-state index is -4.45. The Bertz CT molecular complexity index is 945. The Labute approximate surface area is 206 Å². The summed E-state index contributed by atoms with van der Waals surface area (Å²) in [5.41, 5.74) is 1.23. The number of unbranched alkanes of at least 4 members (excludes halogenated alkanes) is 8. The number of hydrogen-bond donors (Lipinski definition) is 1. The molecule has 2 aromatic rings. The number of alkyl halides is 3. The Morgan fingerprint density at radius 1 is 0.914 bits per heavy atom. The van der Waals surface area contributed by atoms with Gasteiger partial charge in [0.15, 0.2) is 6.61 Å². The highest BCUT2D eigenvalue weighted by Gasteiger charge is 2.30. The molecule has 2 aromatic carbocycles. The molecule has 0 aromatic heterocycles. The van der Waals surface area contributed by atoms with Gasteiger partial charge in [0.05, 0.1) is 17.8 Å². The number of hydroxylamine groups is 1. The lowest BCUT2D eigenvalue weighted by molar-refractivity contribution is -0.142. The lowest BCUT2D eigenvalue weighted by Gasteiger charge is -2.23. The summed E-state index contributed by atoms with van der Waals surface area (Å²) >= 11 is 0. The Balaban J connectivity index is 1.88. The van der Waals surface area contributed by atoms with Gasteiger partial charge in [-0.15, -0.1) is 0 Å². The van der Waals surface area contributed by atoms with Gasteiger partial charge >= 0.3 is 12.1 Å². The second-order valence-corrected chi connectivity index (χ2v) is 8.47. The van der Waals surface area contributed by atoms with Gasteiger partial charge in [0.1, 0.15) is 0 Å². The van der Waals surface area contributed by atoms with Gasteiger partial charge in [0.25, 0.3) is 0 Å². The number of carboxylic acid groups (broad SMARTS) is 1. The Kier molecular flexibility index (Phi) is 12.2. The van der Waals surface area contributed by atoms with Crippen LogP contribution in [0.4, 0.5) is 18.9 Å². The molecule has 0 saturated heterocycles. The molecule has 35 heavy (non-hydrogen) atoms. The topological polar surface area (TPSA) is 49.8 Å². The molecule has 0 amide bonds. The van der Waals surface area contributed by atoms with Gasteiger partial charge in [-0.1, -0.05) is 75.8 Å². The van der Waals surface area contributed by atoms with Crippen LogP contribution in [0.5, 0.6) is 0 Å². The van der Waals surface area contributed by atoms with Crippen LogP contribution in [-0.4, -0.2) is 17.7 Å². The third-order valence-corrected chi connectivity index (χ3v) is 5.49. The number of anilines is 1. The molecule has 0 radical (unpaired) electrons. The molecule has 0 bridgehead atoms. The number of hydrogen-bond acceptors (Lipinski definition) is 3. The smallest absolute Gasteiger partial charge is 0.416 e. The zero-order chi connectivity index (χ0) is 25.5. The van der Waals surface area contributed by atoms with Crippen molar-refractivity contribution in [3.8, 4) is 11.8 Å². The molecule has 0 fully saturated rings. The van der Waals surface area contributed by atoms with E-state index >= 15 is 0 Å². The lowest BCUT2D eigenvalue weighted by atomic mass is 10.1. The van der Waals surface area contributed by atoms with Crippen LogP contribution in [0, 0.1) is 11.8 Å². The first kappa shape index (κ1) is 28.3. The van der Waals surface area contributed by atoms with Crippen molar-refractivity contribution < 1.29 is 27.9 Å². The van der Waals surface area contributed by atoms with E-state index in [4.69, 9.17) is 9.94 Å². The van der Waals surface area contributed by atoms with E-state index in [2.05, 4.69) is 18.8 Å². The summed E-state index contributed by atoms with van der Waals surface area (Å²) in [6.45, 7) is 1.79. The van der Waals surface area contributed by atoms with Crippen molar-refractivity contribution in [2.75, 3.05) is 11.7 Å². The predicted molar refractivity (Wildman–Crippen MR) is 132 cm³/mol. The summed E-state index contributed by atoms with van der Waals surface area (Å²) in [7, 11) is 0. The van der Waals surface area contributed by atoms with E-state index in [-0.39, 0.29) is 6.54 Å². The molecule has 0 heterocycles. The molecule has 0 aliphatic heterocycles. The van der Waals surface area contributed by atoms with E-state index < -0.39 is 24.3 Å². The third kappa shape index (κ3) is 11.3. The van der Waals surface area contributed by atoms with Crippen LogP contribution >= 0.6 is 0 Å². The molecule has 190 valence electrons. The molecule has 0 spiro atoms. The van der Waals surface area contributed by atoms with Crippen molar-refractivity contribution in [2.45, 2.75) is 77.4 Å². The zero-order valence-electron chi connectivity index (χ0n) is 20.2. The molecule has 7 heteroatoms. The first-order valence-electron chi connectivity index (χ1n) is 12.2. The molecule has 0 aliphatic rings. The first-order chi connectivity index (χ1) is 16.8. The number of benzene rings is 2.